The predicted octanol–water partition coefficient (Wildman–Crippen LogP) is 3.64. The van der Waals surface area contributed by atoms with E-state index in [1.54, 1.807) is 0 Å². The van der Waals surface area contributed by atoms with Gasteiger partial charge in [0.15, 0.2) is 0 Å². The molecular formula is C17H23N3. The molecular weight excluding hydrogens is 246 g/mol. The molecule has 0 amide bonds. The van der Waals surface area contributed by atoms with Crippen molar-refractivity contribution in [1.82, 2.24) is 15.1 Å². The van der Waals surface area contributed by atoms with Crippen molar-refractivity contribution in [2.24, 2.45) is 0 Å². The standard InChI is InChI=1S/C17H23N3/c1-17(2,3)18-12-13-4-8-15(9-5-13)20-11-10-16(19-20)14-6-7-14/h4-5,8-11,14,18H,6-7,12H2,1-3H3. The number of hydrogen-bond donors (Lipinski definition) is 1. The third kappa shape index (κ3) is 3.28. The highest BCUT2D eigenvalue weighted by Gasteiger charge is 2.25. The van der Waals surface area contributed by atoms with Gasteiger partial charge in [-0.15, -0.1) is 0 Å². The first-order valence-electron chi connectivity index (χ1n) is 7.41. The summed E-state index contributed by atoms with van der Waals surface area (Å²) in [4.78, 5) is 0. The molecule has 1 N–H and O–H groups in total. The molecule has 0 aliphatic heterocycles. The van der Waals surface area contributed by atoms with E-state index < -0.39 is 0 Å². The molecule has 106 valence electrons. The minimum Gasteiger partial charge on any atom is -0.308 e. The molecule has 1 aliphatic carbocycles. The first kappa shape index (κ1) is 13.4. The lowest BCUT2D eigenvalue weighted by Gasteiger charge is -2.20. The van der Waals surface area contributed by atoms with Gasteiger partial charge in [0.2, 0.25) is 0 Å². The van der Waals surface area contributed by atoms with E-state index in [0.717, 1.165) is 12.2 Å². The minimum atomic E-state index is 0.153. The molecule has 1 aromatic carbocycles. The fourth-order valence-corrected chi connectivity index (χ4v) is 2.21. The number of aromatic nitrogens is 2. The van der Waals surface area contributed by atoms with Crippen LogP contribution in [-0.4, -0.2) is 15.3 Å². The normalized spacial score (nSPS) is 15.6. The highest BCUT2D eigenvalue weighted by molar-refractivity contribution is 5.34. The van der Waals surface area contributed by atoms with Crippen LogP contribution in [0.25, 0.3) is 5.69 Å². The first-order valence-corrected chi connectivity index (χ1v) is 7.41. The van der Waals surface area contributed by atoms with Crippen LogP contribution in [0.2, 0.25) is 0 Å². The highest BCUT2D eigenvalue weighted by Crippen LogP contribution is 2.39. The molecule has 0 saturated heterocycles. The second-order valence-corrected chi connectivity index (χ2v) is 6.73. The molecule has 0 atom stereocenters. The highest BCUT2D eigenvalue weighted by atomic mass is 15.3. The van der Waals surface area contributed by atoms with Crippen LogP contribution in [0.4, 0.5) is 0 Å². The minimum absolute atomic E-state index is 0.153. The smallest absolute Gasteiger partial charge is 0.0659 e. The van der Waals surface area contributed by atoms with Crippen LogP contribution < -0.4 is 5.32 Å². The summed E-state index contributed by atoms with van der Waals surface area (Å²) in [6.45, 7) is 7.45. The molecule has 1 aromatic heterocycles. The van der Waals surface area contributed by atoms with E-state index in [9.17, 15) is 0 Å². The Labute approximate surface area is 121 Å². The van der Waals surface area contributed by atoms with Crippen LogP contribution in [0, 0.1) is 0 Å². The van der Waals surface area contributed by atoms with E-state index in [1.807, 2.05) is 4.68 Å². The zero-order chi connectivity index (χ0) is 14.2. The van der Waals surface area contributed by atoms with Gasteiger partial charge in [-0.25, -0.2) is 4.68 Å². The van der Waals surface area contributed by atoms with Gasteiger partial charge in [-0.1, -0.05) is 12.1 Å². The number of hydrogen-bond acceptors (Lipinski definition) is 2. The Bertz CT molecular complexity index is 571. The van der Waals surface area contributed by atoms with Gasteiger partial charge in [0.25, 0.3) is 0 Å². The Kier molecular flexibility index (Phi) is 3.38. The topological polar surface area (TPSA) is 29.9 Å². The van der Waals surface area contributed by atoms with Gasteiger partial charge < -0.3 is 5.32 Å². The summed E-state index contributed by atoms with van der Waals surface area (Å²) in [7, 11) is 0. The van der Waals surface area contributed by atoms with E-state index in [2.05, 4.69) is 67.7 Å². The summed E-state index contributed by atoms with van der Waals surface area (Å²) >= 11 is 0. The van der Waals surface area contributed by atoms with Gasteiger partial charge in [0.1, 0.15) is 0 Å². The first-order chi connectivity index (χ1) is 9.51. The fraction of sp³-hybridized carbons (Fsp3) is 0.471. The number of nitrogens with one attached hydrogen (secondary N) is 1. The molecule has 2 aromatic rings. The molecule has 1 fully saturated rings. The predicted molar refractivity (Wildman–Crippen MR) is 82.1 cm³/mol. The lowest BCUT2D eigenvalue weighted by atomic mass is 10.1. The van der Waals surface area contributed by atoms with Crippen LogP contribution in [0.15, 0.2) is 36.5 Å². The van der Waals surface area contributed by atoms with Crippen molar-refractivity contribution in [3.8, 4) is 5.69 Å². The van der Waals surface area contributed by atoms with Crippen molar-refractivity contribution in [2.75, 3.05) is 0 Å². The quantitative estimate of drug-likeness (QED) is 0.918. The van der Waals surface area contributed by atoms with Crippen molar-refractivity contribution in [1.29, 1.82) is 0 Å². The molecule has 1 heterocycles. The Morgan fingerprint density at radius 2 is 1.85 bits per heavy atom. The molecule has 0 spiro atoms. The summed E-state index contributed by atoms with van der Waals surface area (Å²) in [6, 6.07) is 10.8. The Hall–Kier alpha value is -1.61. The maximum absolute atomic E-state index is 4.66. The Morgan fingerprint density at radius 3 is 2.45 bits per heavy atom. The second-order valence-electron chi connectivity index (χ2n) is 6.73. The largest absolute Gasteiger partial charge is 0.308 e. The summed E-state index contributed by atoms with van der Waals surface area (Å²) in [5.74, 6) is 0.714. The molecule has 0 radical (unpaired) electrons. The Morgan fingerprint density at radius 1 is 1.15 bits per heavy atom. The molecule has 20 heavy (non-hydrogen) atoms. The fourth-order valence-electron chi connectivity index (χ4n) is 2.21. The molecule has 3 rings (SSSR count). The van der Waals surface area contributed by atoms with Crippen molar-refractivity contribution >= 4 is 0 Å². The van der Waals surface area contributed by atoms with E-state index >= 15 is 0 Å². The zero-order valence-electron chi connectivity index (χ0n) is 12.6. The zero-order valence-corrected chi connectivity index (χ0v) is 12.6. The summed E-state index contributed by atoms with van der Waals surface area (Å²) in [5.41, 5.74) is 3.83. The molecule has 1 aliphatic rings. The Balaban J connectivity index is 1.68. The summed E-state index contributed by atoms with van der Waals surface area (Å²) in [5, 5.41) is 8.16. The van der Waals surface area contributed by atoms with Gasteiger partial charge in [-0.2, -0.15) is 5.10 Å². The SMILES string of the molecule is CC(C)(C)NCc1ccc(-n2ccc(C3CC3)n2)cc1. The van der Waals surface area contributed by atoms with Crippen LogP contribution in [0.3, 0.4) is 0 Å². The van der Waals surface area contributed by atoms with Gasteiger partial charge in [-0.05, 0) is 57.4 Å². The molecule has 0 unspecified atom stereocenters. The van der Waals surface area contributed by atoms with Crippen LogP contribution in [0.5, 0.6) is 0 Å². The molecule has 0 bridgehead atoms. The third-order valence-corrected chi connectivity index (χ3v) is 3.63. The van der Waals surface area contributed by atoms with Crippen molar-refractivity contribution in [2.45, 2.75) is 51.6 Å². The van der Waals surface area contributed by atoms with Crippen LogP contribution in [-0.2, 0) is 6.54 Å². The van der Waals surface area contributed by atoms with E-state index in [4.69, 9.17) is 0 Å². The number of nitrogens with zero attached hydrogens (tertiary/aromatic N) is 2. The van der Waals surface area contributed by atoms with E-state index in [0.29, 0.717) is 5.92 Å². The van der Waals surface area contributed by atoms with E-state index in [1.165, 1.54) is 24.1 Å². The van der Waals surface area contributed by atoms with Crippen molar-refractivity contribution < 1.29 is 0 Å². The summed E-state index contributed by atoms with van der Waals surface area (Å²) in [6.07, 6.45) is 4.67. The average Bonchev–Trinajstić information content (AvgIpc) is 3.14. The van der Waals surface area contributed by atoms with Gasteiger partial charge in [-0.3, -0.25) is 0 Å². The van der Waals surface area contributed by atoms with Crippen LogP contribution in [0.1, 0.15) is 50.8 Å². The average molecular weight is 269 g/mol. The van der Waals surface area contributed by atoms with Gasteiger partial charge in [0.05, 0.1) is 11.4 Å². The van der Waals surface area contributed by atoms with Gasteiger partial charge >= 0.3 is 0 Å². The maximum Gasteiger partial charge on any atom is 0.0659 e. The van der Waals surface area contributed by atoms with Gasteiger partial charge in [0, 0.05) is 24.2 Å². The van der Waals surface area contributed by atoms with Crippen LogP contribution >= 0.6 is 0 Å². The third-order valence-electron chi connectivity index (χ3n) is 3.63. The maximum atomic E-state index is 4.66. The molecule has 3 heteroatoms. The number of rotatable bonds is 4. The van der Waals surface area contributed by atoms with Crippen molar-refractivity contribution in [3.63, 3.8) is 0 Å². The summed E-state index contributed by atoms with van der Waals surface area (Å²) < 4.78 is 1.98. The van der Waals surface area contributed by atoms with E-state index in [-0.39, 0.29) is 5.54 Å². The van der Waals surface area contributed by atoms with Crippen molar-refractivity contribution in [3.05, 3.63) is 47.8 Å². The lowest BCUT2D eigenvalue weighted by molar-refractivity contribution is 0.424. The monoisotopic (exact) mass is 269 g/mol. The number of benzene rings is 1. The molecule has 3 nitrogen and oxygen atoms in total. The lowest BCUT2D eigenvalue weighted by Crippen LogP contribution is -2.35. The molecule has 1 saturated carbocycles. The second kappa shape index (κ2) is 5.06.